The highest BCUT2D eigenvalue weighted by atomic mass is 19.1. The van der Waals surface area contributed by atoms with Gasteiger partial charge < -0.3 is 14.6 Å². The van der Waals surface area contributed by atoms with Crippen LogP contribution in [0.1, 0.15) is 17.3 Å². The van der Waals surface area contributed by atoms with Crippen LogP contribution >= 0.6 is 0 Å². The Hall–Kier alpha value is -2.77. The van der Waals surface area contributed by atoms with Crippen molar-refractivity contribution in [2.24, 2.45) is 5.16 Å². The third-order valence-corrected chi connectivity index (χ3v) is 2.69. The molecule has 0 radical (unpaired) electrons. The van der Waals surface area contributed by atoms with E-state index in [1.165, 1.54) is 0 Å². The molecule has 116 valence electrons. The smallest absolute Gasteiger partial charge is 0.270 e. The van der Waals surface area contributed by atoms with E-state index >= 15 is 0 Å². The summed E-state index contributed by atoms with van der Waals surface area (Å²) in [5, 5.41) is 5.62. The molecule has 0 aliphatic heterocycles. The Morgan fingerprint density at radius 3 is 2.86 bits per heavy atom. The van der Waals surface area contributed by atoms with Crippen molar-refractivity contribution >= 4 is 17.8 Å². The number of amides is 1. The van der Waals surface area contributed by atoms with Crippen molar-refractivity contribution < 1.29 is 22.8 Å². The van der Waals surface area contributed by atoms with Gasteiger partial charge >= 0.3 is 0 Å². The first-order valence-electron chi connectivity index (χ1n) is 6.30. The maximum atomic E-state index is 13.3. The van der Waals surface area contributed by atoms with Crippen molar-refractivity contribution in [2.45, 2.75) is 20.5 Å². The van der Waals surface area contributed by atoms with Gasteiger partial charge in [-0.3, -0.25) is 4.79 Å². The van der Waals surface area contributed by atoms with Crippen molar-refractivity contribution in [3.63, 3.8) is 0 Å². The fourth-order valence-electron chi connectivity index (χ4n) is 1.53. The molecule has 8 heteroatoms. The van der Waals surface area contributed by atoms with Crippen LogP contribution in [0.5, 0.6) is 0 Å². The van der Waals surface area contributed by atoms with Gasteiger partial charge in [0.1, 0.15) is 23.6 Å². The van der Waals surface area contributed by atoms with Crippen LogP contribution in [0.2, 0.25) is 0 Å². The lowest BCUT2D eigenvalue weighted by Gasteiger charge is -2.02. The number of oxazole rings is 1. The van der Waals surface area contributed by atoms with Gasteiger partial charge in [-0.2, -0.15) is 0 Å². The highest BCUT2D eigenvalue weighted by Gasteiger charge is 2.07. The quantitative estimate of drug-likeness (QED) is 0.680. The third-order valence-electron chi connectivity index (χ3n) is 2.69. The van der Waals surface area contributed by atoms with Gasteiger partial charge in [0.25, 0.3) is 5.91 Å². The summed E-state index contributed by atoms with van der Waals surface area (Å²) in [7, 11) is 0. The van der Waals surface area contributed by atoms with Gasteiger partial charge in [0.15, 0.2) is 6.61 Å². The maximum Gasteiger partial charge on any atom is 0.270 e. The molecule has 0 fully saturated rings. The van der Waals surface area contributed by atoms with E-state index in [1.54, 1.807) is 13.8 Å². The first kappa shape index (κ1) is 15.6. The van der Waals surface area contributed by atoms with Gasteiger partial charge in [0.2, 0.25) is 5.89 Å². The van der Waals surface area contributed by atoms with Crippen molar-refractivity contribution in [3.05, 3.63) is 47.2 Å². The number of aryl methyl sites for hydroxylation is 2. The minimum Gasteiger partial charge on any atom is -0.442 e. The summed E-state index contributed by atoms with van der Waals surface area (Å²) in [6.45, 7) is 3.51. The summed E-state index contributed by atoms with van der Waals surface area (Å²) in [5.74, 6) is -1.33. The molecule has 0 unspecified atom stereocenters. The van der Waals surface area contributed by atoms with Gasteiger partial charge in [-0.15, -0.1) is 0 Å². The Kier molecular flexibility index (Phi) is 4.82. The molecule has 0 saturated heterocycles. The number of halogens is 2. The zero-order valence-corrected chi connectivity index (χ0v) is 11.9. The first-order chi connectivity index (χ1) is 10.5. The predicted octanol–water partition coefficient (Wildman–Crippen LogP) is 2.71. The normalized spacial score (nSPS) is 10.9. The number of nitrogens with one attached hydrogen (secondary N) is 1. The maximum absolute atomic E-state index is 13.3. The van der Waals surface area contributed by atoms with Crippen LogP contribution in [0.25, 0.3) is 0 Å². The van der Waals surface area contributed by atoms with Crippen molar-refractivity contribution in [3.8, 4) is 0 Å². The molecule has 0 aliphatic carbocycles. The second-order valence-electron chi connectivity index (χ2n) is 4.37. The van der Waals surface area contributed by atoms with Crippen LogP contribution in [0.15, 0.2) is 27.8 Å². The van der Waals surface area contributed by atoms with Gasteiger partial charge in [-0.05, 0) is 26.0 Å². The van der Waals surface area contributed by atoms with Crippen LogP contribution < -0.4 is 5.32 Å². The van der Waals surface area contributed by atoms with E-state index in [0.29, 0.717) is 17.7 Å². The number of anilines is 1. The Bertz CT molecular complexity index is 694. The average molecular weight is 309 g/mol. The lowest BCUT2D eigenvalue weighted by molar-refractivity contribution is -0.110. The largest absolute Gasteiger partial charge is 0.442 e. The van der Waals surface area contributed by atoms with Crippen LogP contribution in [-0.4, -0.2) is 17.1 Å². The Labute approximate surface area is 124 Å². The number of carbonyl (C=O) groups excluding carboxylic acids is 1. The Morgan fingerprint density at radius 2 is 2.23 bits per heavy atom. The zero-order valence-electron chi connectivity index (χ0n) is 11.9. The lowest BCUT2D eigenvalue weighted by atomic mass is 10.3. The molecular formula is C14H13F2N3O3. The molecule has 2 rings (SSSR count). The summed E-state index contributed by atoms with van der Waals surface area (Å²) >= 11 is 0. The van der Waals surface area contributed by atoms with Gasteiger partial charge in [-0.1, -0.05) is 5.16 Å². The number of carbonyl (C=O) groups is 1. The Morgan fingerprint density at radius 1 is 1.45 bits per heavy atom. The molecule has 1 aromatic heterocycles. The van der Waals surface area contributed by atoms with Gasteiger partial charge in [0, 0.05) is 6.07 Å². The van der Waals surface area contributed by atoms with E-state index in [9.17, 15) is 13.6 Å². The summed E-state index contributed by atoms with van der Waals surface area (Å²) in [6.07, 6.45) is 0.825. The molecule has 0 saturated carbocycles. The van der Waals surface area contributed by atoms with Crippen molar-refractivity contribution in [1.29, 1.82) is 0 Å². The molecule has 1 heterocycles. The number of nitrogens with zero attached hydrogens (tertiary/aromatic N) is 2. The molecule has 1 N–H and O–H groups in total. The van der Waals surface area contributed by atoms with E-state index in [-0.39, 0.29) is 12.3 Å². The number of rotatable bonds is 5. The van der Waals surface area contributed by atoms with Crippen molar-refractivity contribution in [2.75, 3.05) is 5.32 Å². The van der Waals surface area contributed by atoms with Gasteiger partial charge in [0.05, 0.1) is 11.4 Å². The predicted molar refractivity (Wildman–Crippen MR) is 74.2 cm³/mol. The number of aromatic nitrogens is 1. The van der Waals surface area contributed by atoms with Crippen LogP contribution in [0, 0.1) is 25.5 Å². The fraction of sp³-hybridized carbons (Fsp3) is 0.214. The molecule has 0 aliphatic rings. The second-order valence-corrected chi connectivity index (χ2v) is 4.37. The SMILES string of the molecule is Cc1nc(CO/N=C/C(=O)Nc2ccc(F)cc2F)oc1C. The summed E-state index contributed by atoms with van der Waals surface area (Å²) in [4.78, 5) is 20.4. The molecule has 0 bridgehead atoms. The average Bonchev–Trinajstić information content (AvgIpc) is 2.77. The number of hydrogen-bond donors (Lipinski definition) is 1. The van der Waals surface area contributed by atoms with Crippen LogP contribution in [0.3, 0.4) is 0 Å². The molecule has 2 aromatic rings. The van der Waals surface area contributed by atoms with E-state index in [2.05, 4.69) is 15.5 Å². The summed E-state index contributed by atoms with van der Waals surface area (Å²) < 4.78 is 31.3. The molecule has 0 spiro atoms. The summed E-state index contributed by atoms with van der Waals surface area (Å²) in [5.41, 5.74) is 0.587. The van der Waals surface area contributed by atoms with E-state index in [4.69, 9.17) is 9.25 Å². The van der Waals surface area contributed by atoms with E-state index < -0.39 is 17.5 Å². The number of oxime groups is 1. The highest BCUT2D eigenvalue weighted by Crippen LogP contribution is 2.14. The summed E-state index contributed by atoms with van der Waals surface area (Å²) in [6, 6.07) is 2.80. The van der Waals surface area contributed by atoms with Gasteiger partial charge in [-0.25, -0.2) is 13.8 Å². The first-order valence-corrected chi connectivity index (χ1v) is 6.30. The number of hydrogen-bond acceptors (Lipinski definition) is 5. The molecule has 1 aromatic carbocycles. The minimum atomic E-state index is -0.881. The van der Waals surface area contributed by atoms with E-state index in [1.807, 2.05) is 0 Å². The topological polar surface area (TPSA) is 76.7 Å². The lowest BCUT2D eigenvalue weighted by Crippen LogP contribution is -2.14. The molecule has 6 nitrogen and oxygen atoms in total. The minimum absolute atomic E-state index is 0.0383. The molecular weight excluding hydrogens is 296 g/mol. The van der Waals surface area contributed by atoms with Crippen LogP contribution in [-0.2, 0) is 16.2 Å². The van der Waals surface area contributed by atoms with Crippen LogP contribution in [0.4, 0.5) is 14.5 Å². The highest BCUT2D eigenvalue weighted by molar-refractivity contribution is 6.31. The van der Waals surface area contributed by atoms with Crippen molar-refractivity contribution in [1.82, 2.24) is 4.98 Å². The molecule has 22 heavy (non-hydrogen) atoms. The monoisotopic (exact) mass is 309 g/mol. The Balaban J connectivity index is 1.83. The molecule has 0 atom stereocenters. The number of benzene rings is 1. The second kappa shape index (κ2) is 6.79. The standard InChI is InChI=1S/C14H13F2N3O3/c1-8-9(2)22-14(18-8)7-21-17-6-13(20)19-12-4-3-10(15)5-11(12)16/h3-6H,7H2,1-2H3,(H,19,20)/b17-6+. The van der Waals surface area contributed by atoms with E-state index in [0.717, 1.165) is 24.0 Å². The molecule has 1 amide bonds. The zero-order chi connectivity index (χ0) is 16.1. The fourth-order valence-corrected chi connectivity index (χ4v) is 1.53. The third kappa shape index (κ3) is 4.11.